The zero-order valence-electron chi connectivity index (χ0n) is 12.7. The monoisotopic (exact) mass is 332 g/mol. The van der Waals surface area contributed by atoms with E-state index in [0.717, 1.165) is 25.5 Å². The molecule has 2 heterocycles. The van der Waals surface area contributed by atoms with Crippen LogP contribution in [0.4, 0.5) is 10.3 Å². The van der Waals surface area contributed by atoms with Gasteiger partial charge in [-0.1, -0.05) is 6.42 Å². The average molecular weight is 332 g/mol. The van der Waals surface area contributed by atoms with Crippen LogP contribution in [0.25, 0.3) is 0 Å². The third kappa shape index (κ3) is 4.26. The van der Waals surface area contributed by atoms with Gasteiger partial charge in [-0.2, -0.15) is 13.7 Å². The maximum Gasteiger partial charge on any atom is 0.255 e. The lowest BCUT2D eigenvalue weighted by Gasteiger charge is -2.33. The molecule has 0 aromatic carbocycles. The molecule has 0 spiro atoms. The maximum atomic E-state index is 13.2. The van der Waals surface area contributed by atoms with Crippen LogP contribution in [0.1, 0.15) is 25.7 Å². The summed E-state index contributed by atoms with van der Waals surface area (Å²) in [4.78, 5) is 7.72. The molecule has 1 saturated heterocycles. The Hall–Kier alpha value is -1.48. The molecule has 0 saturated carbocycles. The second kappa shape index (κ2) is 7.19. The molecular weight excluding hydrogens is 311 g/mol. The van der Waals surface area contributed by atoms with Gasteiger partial charge < -0.3 is 10.1 Å². The van der Waals surface area contributed by atoms with Gasteiger partial charge in [-0.05, 0) is 19.3 Å². The SMILES string of the molecule is COc1nc(NCCC2CCCCN2S(C)(=O)=O)ncc1F. The molecule has 124 valence electrons. The zero-order valence-corrected chi connectivity index (χ0v) is 13.6. The van der Waals surface area contributed by atoms with Crippen molar-refractivity contribution in [3.8, 4) is 5.88 Å². The number of hydrogen-bond acceptors (Lipinski definition) is 6. The minimum atomic E-state index is -3.18. The van der Waals surface area contributed by atoms with Gasteiger partial charge in [0.05, 0.1) is 19.6 Å². The van der Waals surface area contributed by atoms with Gasteiger partial charge in [-0.15, -0.1) is 0 Å². The highest BCUT2D eigenvalue weighted by atomic mass is 32.2. The van der Waals surface area contributed by atoms with E-state index in [1.807, 2.05) is 0 Å². The number of rotatable bonds is 6. The fourth-order valence-electron chi connectivity index (χ4n) is 2.63. The predicted octanol–water partition coefficient (Wildman–Crippen LogP) is 1.24. The summed E-state index contributed by atoms with van der Waals surface area (Å²) in [6, 6.07) is -0.0152. The number of hydrogen-bond donors (Lipinski definition) is 1. The minimum Gasteiger partial charge on any atom is -0.479 e. The quantitative estimate of drug-likeness (QED) is 0.844. The van der Waals surface area contributed by atoms with Crippen molar-refractivity contribution in [3.63, 3.8) is 0 Å². The molecule has 22 heavy (non-hydrogen) atoms. The van der Waals surface area contributed by atoms with Crippen LogP contribution in [-0.4, -0.2) is 55.2 Å². The first-order chi connectivity index (χ1) is 10.4. The Labute approximate surface area is 129 Å². The molecule has 9 heteroatoms. The van der Waals surface area contributed by atoms with Crippen molar-refractivity contribution < 1.29 is 17.5 Å². The molecule has 0 amide bonds. The molecule has 1 N–H and O–H groups in total. The van der Waals surface area contributed by atoms with Gasteiger partial charge in [0.1, 0.15) is 0 Å². The first-order valence-electron chi connectivity index (χ1n) is 7.19. The van der Waals surface area contributed by atoms with E-state index in [2.05, 4.69) is 15.3 Å². The molecule has 1 aliphatic rings. The third-order valence-corrected chi connectivity index (χ3v) is 5.00. The van der Waals surface area contributed by atoms with Gasteiger partial charge in [-0.3, -0.25) is 0 Å². The van der Waals surface area contributed by atoms with Crippen LogP contribution in [0.2, 0.25) is 0 Å². The molecule has 7 nitrogen and oxygen atoms in total. The molecule has 0 radical (unpaired) electrons. The Bertz CT molecular complexity index is 611. The Morgan fingerprint density at radius 1 is 1.50 bits per heavy atom. The van der Waals surface area contributed by atoms with Gasteiger partial charge in [0, 0.05) is 19.1 Å². The number of anilines is 1. The minimum absolute atomic E-state index is 0.0152. The zero-order chi connectivity index (χ0) is 16.2. The maximum absolute atomic E-state index is 13.2. The van der Waals surface area contributed by atoms with Crippen molar-refractivity contribution in [1.29, 1.82) is 0 Å². The van der Waals surface area contributed by atoms with E-state index in [0.29, 0.717) is 19.5 Å². The third-order valence-electron chi connectivity index (χ3n) is 3.67. The number of aromatic nitrogens is 2. The number of nitrogens with zero attached hydrogens (tertiary/aromatic N) is 3. The van der Waals surface area contributed by atoms with Crippen LogP contribution >= 0.6 is 0 Å². The Morgan fingerprint density at radius 3 is 2.95 bits per heavy atom. The van der Waals surface area contributed by atoms with E-state index in [9.17, 15) is 12.8 Å². The lowest BCUT2D eigenvalue weighted by Crippen LogP contribution is -2.43. The molecule has 0 aliphatic carbocycles. The van der Waals surface area contributed by atoms with Crippen LogP contribution in [0.3, 0.4) is 0 Å². The van der Waals surface area contributed by atoms with E-state index in [1.54, 1.807) is 4.31 Å². The van der Waals surface area contributed by atoms with E-state index in [4.69, 9.17) is 4.74 Å². The molecule has 1 atom stereocenters. The van der Waals surface area contributed by atoms with Crippen LogP contribution < -0.4 is 10.1 Å². The standard InChI is InChI=1S/C13H21FN4O3S/c1-21-12-11(14)9-16-13(17-12)15-7-6-10-5-3-4-8-18(10)22(2,19)20/h9-10H,3-8H2,1-2H3,(H,15,16,17). The Kier molecular flexibility index (Phi) is 5.52. The summed E-state index contributed by atoms with van der Waals surface area (Å²) in [5.74, 6) is -0.475. The number of piperidine rings is 1. The van der Waals surface area contributed by atoms with Crippen molar-refractivity contribution in [1.82, 2.24) is 14.3 Å². The second-order valence-electron chi connectivity index (χ2n) is 5.29. The van der Waals surface area contributed by atoms with Crippen LogP contribution in [-0.2, 0) is 10.0 Å². The number of nitrogens with one attached hydrogen (secondary N) is 1. The van der Waals surface area contributed by atoms with Crippen molar-refractivity contribution in [3.05, 3.63) is 12.0 Å². The fraction of sp³-hybridized carbons (Fsp3) is 0.692. The topological polar surface area (TPSA) is 84.4 Å². The second-order valence-corrected chi connectivity index (χ2v) is 7.22. The number of halogens is 1. The van der Waals surface area contributed by atoms with E-state index >= 15 is 0 Å². The average Bonchev–Trinajstić information content (AvgIpc) is 2.48. The smallest absolute Gasteiger partial charge is 0.255 e. The summed E-state index contributed by atoms with van der Waals surface area (Å²) >= 11 is 0. The molecule has 2 rings (SSSR count). The molecule has 1 fully saturated rings. The summed E-state index contributed by atoms with van der Waals surface area (Å²) < 4.78 is 43.1. The van der Waals surface area contributed by atoms with Crippen molar-refractivity contribution in [2.45, 2.75) is 31.7 Å². The van der Waals surface area contributed by atoms with Gasteiger partial charge in [-0.25, -0.2) is 13.4 Å². The summed E-state index contributed by atoms with van der Waals surface area (Å²) in [6.45, 7) is 1.08. The van der Waals surface area contributed by atoms with E-state index in [-0.39, 0.29) is 17.9 Å². The van der Waals surface area contributed by atoms with Gasteiger partial charge in [0.2, 0.25) is 21.8 Å². The summed E-state index contributed by atoms with van der Waals surface area (Å²) in [7, 11) is -1.85. The highest BCUT2D eigenvalue weighted by molar-refractivity contribution is 7.88. The first kappa shape index (κ1) is 16.9. The summed E-state index contributed by atoms with van der Waals surface area (Å²) in [5, 5.41) is 2.98. The van der Waals surface area contributed by atoms with E-state index in [1.165, 1.54) is 13.4 Å². The lowest BCUT2D eigenvalue weighted by molar-refractivity contribution is 0.246. The molecule has 1 aliphatic heterocycles. The van der Waals surface area contributed by atoms with E-state index < -0.39 is 15.8 Å². The first-order valence-corrected chi connectivity index (χ1v) is 9.04. The Morgan fingerprint density at radius 2 is 2.27 bits per heavy atom. The normalized spacial score (nSPS) is 19.9. The van der Waals surface area contributed by atoms with Crippen LogP contribution in [0.5, 0.6) is 5.88 Å². The Balaban J connectivity index is 1.92. The largest absolute Gasteiger partial charge is 0.479 e. The highest BCUT2D eigenvalue weighted by Gasteiger charge is 2.28. The molecule has 0 bridgehead atoms. The van der Waals surface area contributed by atoms with Gasteiger partial charge in [0.25, 0.3) is 5.88 Å². The fourth-order valence-corrected chi connectivity index (χ4v) is 3.84. The van der Waals surface area contributed by atoms with Crippen LogP contribution in [0, 0.1) is 5.82 Å². The molecular formula is C13H21FN4O3S. The number of sulfonamides is 1. The molecule has 1 unspecified atom stereocenters. The summed E-state index contributed by atoms with van der Waals surface area (Å²) in [6.07, 6.45) is 5.70. The molecule has 1 aromatic heterocycles. The van der Waals surface area contributed by atoms with Crippen molar-refractivity contribution >= 4 is 16.0 Å². The number of ether oxygens (including phenoxy) is 1. The van der Waals surface area contributed by atoms with Crippen LogP contribution in [0.15, 0.2) is 6.20 Å². The van der Waals surface area contributed by atoms with Gasteiger partial charge in [0.15, 0.2) is 0 Å². The van der Waals surface area contributed by atoms with Gasteiger partial charge >= 0.3 is 0 Å². The number of methoxy groups -OCH3 is 1. The molecule has 1 aromatic rings. The lowest BCUT2D eigenvalue weighted by atomic mass is 10.0. The predicted molar refractivity (Wildman–Crippen MR) is 80.8 cm³/mol. The van der Waals surface area contributed by atoms with Crippen molar-refractivity contribution in [2.24, 2.45) is 0 Å². The summed E-state index contributed by atoms with van der Waals surface area (Å²) in [5.41, 5.74) is 0. The van der Waals surface area contributed by atoms with Crippen molar-refractivity contribution in [2.75, 3.05) is 31.8 Å². The highest BCUT2D eigenvalue weighted by Crippen LogP contribution is 2.22.